The maximum Gasteiger partial charge on any atom is 0.306 e. The van der Waals surface area contributed by atoms with Crippen LogP contribution in [0.4, 0.5) is 0 Å². The minimum absolute atomic E-state index is 0.0968. The van der Waals surface area contributed by atoms with E-state index in [1.54, 1.807) is 0 Å². The van der Waals surface area contributed by atoms with Crippen molar-refractivity contribution in [3.63, 3.8) is 0 Å². The molecule has 0 aliphatic rings. The molecule has 0 radical (unpaired) electrons. The Morgan fingerprint density at radius 1 is 0.397 bits per heavy atom. The molecule has 0 bridgehead atoms. The van der Waals surface area contributed by atoms with Gasteiger partial charge < -0.3 is 14.6 Å². The van der Waals surface area contributed by atoms with Crippen molar-refractivity contribution >= 4 is 11.9 Å². The summed E-state index contributed by atoms with van der Waals surface area (Å²) in [5, 5.41) is 9.59. The Labute approximate surface area is 356 Å². The van der Waals surface area contributed by atoms with Gasteiger partial charge in [-0.3, -0.25) is 9.59 Å². The van der Waals surface area contributed by atoms with Crippen molar-refractivity contribution in [2.24, 2.45) is 0 Å². The van der Waals surface area contributed by atoms with Crippen molar-refractivity contribution in [1.29, 1.82) is 0 Å². The molecule has 0 spiro atoms. The summed E-state index contributed by atoms with van der Waals surface area (Å²) in [5.74, 6) is -0.655. The zero-order valence-corrected chi connectivity index (χ0v) is 37.0. The van der Waals surface area contributed by atoms with Crippen LogP contribution in [0.2, 0.25) is 0 Å². The standard InChI is InChI=1S/C53H84O5/c1-3-5-7-9-11-13-15-17-19-20-21-22-23-24-25-26-27-28-29-30-31-32-34-36-38-40-42-44-46-48-53(56)58-51(49-54)50-57-52(55)47-45-43-41-39-37-35-33-18-16-14-12-10-8-6-4-2/h5-8,11-14,17-19,21-22,24-25,27-28,33,37,39,51,54H,3-4,9-10,15-16,20,23,26,29-32,34-36,38,40-50H2,1-2H3/b7-5-,8-6-,13-11-,14-12-,19-17-,22-21-,25-24-,28-27-,33-18-,39-37-. The number of ether oxygens (including phenoxy) is 2. The molecule has 0 aliphatic heterocycles. The summed E-state index contributed by atoms with van der Waals surface area (Å²) in [4.78, 5) is 24.3. The first-order valence-corrected chi connectivity index (χ1v) is 23.1. The van der Waals surface area contributed by atoms with Crippen LogP contribution in [0.15, 0.2) is 122 Å². The first-order valence-electron chi connectivity index (χ1n) is 23.1. The van der Waals surface area contributed by atoms with Gasteiger partial charge in [0.1, 0.15) is 6.61 Å². The molecule has 0 rings (SSSR count). The molecule has 0 fully saturated rings. The molecule has 0 saturated heterocycles. The van der Waals surface area contributed by atoms with E-state index in [-0.39, 0.29) is 25.2 Å². The summed E-state index contributed by atoms with van der Waals surface area (Å²) in [6.45, 7) is 3.85. The maximum atomic E-state index is 12.2. The van der Waals surface area contributed by atoms with Gasteiger partial charge in [0.2, 0.25) is 0 Å². The third-order valence-corrected chi connectivity index (χ3v) is 9.25. The van der Waals surface area contributed by atoms with Crippen molar-refractivity contribution in [2.75, 3.05) is 13.2 Å². The topological polar surface area (TPSA) is 72.8 Å². The molecule has 0 aromatic carbocycles. The van der Waals surface area contributed by atoms with Crippen LogP contribution in [0.3, 0.4) is 0 Å². The lowest BCUT2D eigenvalue weighted by Crippen LogP contribution is -2.28. The third kappa shape index (κ3) is 45.0. The lowest BCUT2D eigenvalue weighted by atomic mass is 10.0. The van der Waals surface area contributed by atoms with Gasteiger partial charge in [-0.2, -0.15) is 0 Å². The lowest BCUT2D eigenvalue weighted by Gasteiger charge is -2.15. The van der Waals surface area contributed by atoms with Gasteiger partial charge in [0.05, 0.1) is 6.61 Å². The van der Waals surface area contributed by atoms with Gasteiger partial charge in [0.15, 0.2) is 6.10 Å². The number of unbranched alkanes of at least 4 members (excludes halogenated alkanes) is 12. The highest BCUT2D eigenvalue weighted by molar-refractivity contribution is 5.70. The molecule has 0 amide bonds. The molecule has 1 unspecified atom stereocenters. The van der Waals surface area contributed by atoms with E-state index < -0.39 is 6.10 Å². The van der Waals surface area contributed by atoms with Gasteiger partial charge in [-0.15, -0.1) is 0 Å². The summed E-state index contributed by atoms with van der Waals surface area (Å²) in [7, 11) is 0. The minimum Gasteiger partial charge on any atom is -0.462 e. The summed E-state index contributed by atoms with van der Waals surface area (Å²) in [6, 6.07) is 0. The van der Waals surface area contributed by atoms with E-state index in [1.165, 1.54) is 51.4 Å². The number of aliphatic hydroxyl groups is 1. The highest BCUT2D eigenvalue weighted by atomic mass is 16.6. The predicted molar refractivity (Wildman–Crippen MR) is 251 cm³/mol. The van der Waals surface area contributed by atoms with Crippen LogP contribution in [0.1, 0.15) is 181 Å². The zero-order chi connectivity index (χ0) is 42.1. The number of carbonyl (C=O) groups is 2. The second kappa shape index (κ2) is 47.7. The molecule has 5 heteroatoms. The van der Waals surface area contributed by atoms with E-state index >= 15 is 0 Å². The fraction of sp³-hybridized carbons (Fsp3) is 0.585. The van der Waals surface area contributed by atoms with E-state index in [0.29, 0.717) is 12.8 Å². The Kier molecular flexibility index (Phi) is 44.6. The molecular formula is C53H84O5. The van der Waals surface area contributed by atoms with Gasteiger partial charge in [-0.05, 0) is 103 Å². The van der Waals surface area contributed by atoms with Crippen molar-refractivity contribution in [2.45, 2.75) is 187 Å². The van der Waals surface area contributed by atoms with Gasteiger partial charge >= 0.3 is 11.9 Å². The van der Waals surface area contributed by atoms with E-state index in [4.69, 9.17) is 9.47 Å². The molecule has 1 atom stereocenters. The zero-order valence-electron chi connectivity index (χ0n) is 37.0. The second-order valence-corrected chi connectivity index (χ2v) is 14.7. The summed E-state index contributed by atoms with van der Waals surface area (Å²) < 4.78 is 10.6. The molecule has 0 aromatic rings. The molecule has 0 heterocycles. The summed E-state index contributed by atoms with van der Waals surface area (Å²) >= 11 is 0. The van der Waals surface area contributed by atoms with Crippen LogP contribution in [-0.2, 0) is 19.1 Å². The quantitative estimate of drug-likeness (QED) is 0.0380. The minimum atomic E-state index is -0.800. The molecule has 1 N–H and O–H groups in total. The van der Waals surface area contributed by atoms with Crippen LogP contribution in [0.5, 0.6) is 0 Å². The molecule has 0 aliphatic carbocycles. The largest absolute Gasteiger partial charge is 0.462 e. The SMILES string of the molecule is CC/C=C\C/C=C\C/C=C\C/C=C\C/C=C\C/C=C\CCCCCCCCCCCCC(=O)OC(CO)COC(=O)CCCC/C=C\C/C=C\C/C=C\C/C=C\CC. The molecule has 5 nitrogen and oxygen atoms in total. The first-order chi connectivity index (χ1) is 28.6. The Balaban J connectivity index is 3.62. The van der Waals surface area contributed by atoms with Gasteiger partial charge in [-0.25, -0.2) is 0 Å². The number of carbonyl (C=O) groups excluding carboxylic acids is 2. The smallest absolute Gasteiger partial charge is 0.306 e. The number of rotatable bonds is 40. The van der Waals surface area contributed by atoms with Crippen LogP contribution in [0, 0.1) is 0 Å². The number of aliphatic hydroxyl groups excluding tert-OH is 1. The van der Waals surface area contributed by atoms with Crippen molar-refractivity contribution in [3.05, 3.63) is 122 Å². The summed E-state index contributed by atoms with van der Waals surface area (Å²) in [6.07, 6.45) is 69.9. The number of hydrogen-bond acceptors (Lipinski definition) is 5. The second-order valence-electron chi connectivity index (χ2n) is 14.7. The Morgan fingerprint density at radius 3 is 1.07 bits per heavy atom. The van der Waals surface area contributed by atoms with Crippen molar-refractivity contribution in [1.82, 2.24) is 0 Å². The summed E-state index contributed by atoms with van der Waals surface area (Å²) in [5.41, 5.74) is 0. The highest BCUT2D eigenvalue weighted by Crippen LogP contribution is 2.13. The molecule has 326 valence electrons. The molecule has 0 saturated carbocycles. The van der Waals surface area contributed by atoms with Gasteiger partial charge in [-0.1, -0.05) is 187 Å². The van der Waals surface area contributed by atoms with Crippen LogP contribution in [0.25, 0.3) is 0 Å². The first kappa shape index (κ1) is 54.3. The third-order valence-electron chi connectivity index (χ3n) is 9.25. The van der Waals surface area contributed by atoms with E-state index in [2.05, 4.69) is 135 Å². The average molecular weight is 801 g/mol. The number of esters is 2. The Bertz CT molecular complexity index is 1220. The van der Waals surface area contributed by atoms with Crippen molar-refractivity contribution in [3.8, 4) is 0 Å². The Hall–Kier alpha value is -3.70. The lowest BCUT2D eigenvalue weighted by molar-refractivity contribution is -0.161. The van der Waals surface area contributed by atoms with E-state index in [0.717, 1.165) is 103 Å². The maximum absolute atomic E-state index is 12.2. The molecule has 58 heavy (non-hydrogen) atoms. The van der Waals surface area contributed by atoms with Crippen LogP contribution < -0.4 is 0 Å². The molecule has 0 aromatic heterocycles. The highest BCUT2D eigenvalue weighted by Gasteiger charge is 2.16. The predicted octanol–water partition coefficient (Wildman–Crippen LogP) is 15.2. The van der Waals surface area contributed by atoms with Gasteiger partial charge in [0.25, 0.3) is 0 Å². The van der Waals surface area contributed by atoms with Crippen molar-refractivity contribution < 1.29 is 24.2 Å². The number of hydrogen-bond donors (Lipinski definition) is 1. The fourth-order valence-corrected chi connectivity index (χ4v) is 5.84. The van der Waals surface area contributed by atoms with Crippen LogP contribution >= 0.6 is 0 Å². The molecular weight excluding hydrogens is 717 g/mol. The van der Waals surface area contributed by atoms with E-state index in [9.17, 15) is 14.7 Å². The Morgan fingerprint density at radius 2 is 0.690 bits per heavy atom. The van der Waals surface area contributed by atoms with Crippen LogP contribution in [-0.4, -0.2) is 36.4 Å². The van der Waals surface area contributed by atoms with Gasteiger partial charge in [0, 0.05) is 12.8 Å². The normalized spacial score (nSPS) is 13.4. The monoisotopic (exact) mass is 801 g/mol. The number of allylic oxidation sites excluding steroid dienone is 20. The average Bonchev–Trinajstić information content (AvgIpc) is 3.23. The van der Waals surface area contributed by atoms with E-state index in [1.807, 2.05) is 0 Å². The fourth-order valence-electron chi connectivity index (χ4n) is 5.84.